The topological polar surface area (TPSA) is 15.3 Å². The Morgan fingerprint density at radius 3 is 2.37 bits per heavy atom. The number of hydrogen-bond donors (Lipinski definition) is 1. The molecule has 106 valence electrons. The first kappa shape index (κ1) is 14.5. The van der Waals surface area contributed by atoms with Crippen LogP contribution in [0.1, 0.15) is 33.1 Å². The van der Waals surface area contributed by atoms with Crippen LogP contribution in [0.4, 0.5) is 11.4 Å². The van der Waals surface area contributed by atoms with E-state index in [1.54, 1.807) is 0 Å². The van der Waals surface area contributed by atoms with Gasteiger partial charge >= 0.3 is 0 Å². The Labute approximate surface area is 122 Å². The van der Waals surface area contributed by atoms with E-state index in [-0.39, 0.29) is 0 Å². The Balaban J connectivity index is 2.25. The molecular weight excluding hydrogens is 256 g/mol. The fourth-order valence-corrected chi connectivity index (χ4v) is 3.58. The van der Waals surface area contributed by atoms with Crippen molar-refractivity contribution in [2.75, 3.05) is 24.3 Å². The fraction of sp³-hybridized carbons (Fsp3) is 0.625. The molecule has 0 saturated heterocycles. The van der Waals surface area contributed by atoms with Crippen molar-refractivity contribution >= 4 is 23.0 Å². The van der Waals surface area contributed by atoms with Crippen molar-refractivity contribution < 1.29 is 0 Å². The van der Waals surface area contributed by atoms with Gasteiger partial charge in [0.1, 0.15) is 0 Å². The second-order valence-corrected chi connectivity index (χ2v) is 6.49. The van der Waals surface area contributed by atoms with Gasteiger partial charge in [-0.3, -0.25) is 0 Å². The van der Waals surface area contributed by atoms with E-state index in [1.807, 2.05) is 26.2 Å². The van der Waals surface area contributed by atoms with Crippen molar-refractivity contribution in [3.05, 3.63) is 23.2 Å². The summed E-state index contributed by atoms with van der Waals surface area (Å²) in [5.74, 6) is 1.44. The van der Waals surface area contributed by atoms with Gasteiger partial charge in [0.25, 0.3) is 0 Å². The monoisotopic (exact) mass is 280 g/mol. The molecule has 1 aliphatic carbocycles. The van der Waals surface area contributed by atoms with Crippen molar-refractivity contribution in [3.63, 3.8) is 0 Å². The molecule has 2 rings (SSSR count). The molecule has 19 heavy (non-hydrogen) atoms. The zero-order valence-electron chi connectivity index (χ0n) is 12.4. The first-order valence-corrected chi connectivity index (χ1v) is 7.61. The summed E-state index contributed by atoms with van der Waals surface area (Å²) in [5.41, 5.74) is 2.25. The molecule has 0 aliphatic heterocycles. The lowest BCUT2D eigenvalue weighted by Crippen LogP contribution is -2.37. The normalized spacial score (nSPS) is 27.1. The average molecular weight is 281 g/mol. The lowest BCUT2D eigenvalue weighted by Gasteiger charge is -2.37. The highest BCUT2D eigenvalue weighted by Gasteiger charge is 2.28. The van der Waals surface area contributed by atoms with Gasteiger partial charge in [-0.05, 0) is 36.8 Å². The van der Waals surface area contributed by atoms with Gasteiger partial charge in [0, 0.05) is 20.1 Å². The third-order valence-corrected chi connectivity index (χ3v) is 4.61. The van der Waals surface area contributed by atoms with E-state index in [4.69, 9.17) is 11.6 Å². The molecule has 0 radical (unpaired) electrons. The van der Waals surface area contributed by atoms with Crippen LogP contribution in [0.5, 0.6) is 0 Å². The SMILES string of the molecule is CC1CCCC(C)C1Nc1cccc(Cl)c1N(C)C. The Kier molecular flexibility index (Phi) is 4.62. The maximum Gasteiger partial charge on any atom is 0.0786 e. The van der Waals surface area contributed by atoms with Gasteiger partial charge in [-0.1, -0.05) is 37.9 Å². The number of benzene rings is 1. The largest absolute Gasteiger partial charge is 0.380 e. The van der Waals surface area contributed by atoms with Gasteiger partial charge < -0.3 is 10.2 Å². The molecule has 1 aromatic carbocycles. The molecule has 0 amide bonds. The van der Waals surface area contributed by atoms with Crippen LogP contribution >= 0.6 is 11.6 Å². The average Bonchev–Trinajstić information content (AvgIpc) is 2.33. The van der Waals surface area contributed by atoms with E-state index in [9.17, 15) is 0 Å². The molecule has 1 fully saturated rings. The highest BCUT2D eigenvalue weighted by molar-refractivity contribution is 6.34. The quantitative estimate of drug-likeness (QED) is 0.867. The highest BCUT2D eigenvalue weighted by Crippen LogP contribution is 2.37. The summed E-state index contributed by atoms with van der Waals surface area (Å²) in [5, 5.41) is 4.56. The minimum absolute atomic E-state index is 0.547. The van der Waals surface area contributed by atoms with Crippen LogP contribution in [0.2, 0.25) is 5.02 Å². The van der Waals surface area contributed by atoms with Gasteiger partial charge in [-0.15, -0.1) is 0 Å². The number of anilines is 2. The molecule has 1 aromatic rings. The number of halogens is 1. The van der Waals surface area contributed by atoms with Crippen LogP contribution in [0, 0.1) is 11.8 Å². The van der Waals surface area contributed by atoms with Crippen molar-refractivity contribution in [2.45, 2.75) is 39.2 Å². The van der Waals surface area contributed by atoms with Crippen molar-refractivity contribution in [3.8, 4) is 0 Å². The summed E-state index contributed by atoms with van der Waals surface area (Å²) in [6, 6.07) is 6.66. The molecule has 2 unspecified atom stereocenters. The Morgan fingerprint density at radius 1 is 1.16 bits per heavy atom. The number of para-hydroxylation sites is 1. The Bertz CT molecular complexity index is 421. The number of nitrogens with one attached hydrogen (secondary N) is 1. The predicted octanol–water partition coefficient (Wildman–Crippen LogP) is 4.64. The summed E-state index contributed by atoms with van der Waals surface area (Å²) in [6.45, 7) is 4.71. The molecule has 1 aliphatic rings. The minimum atomic E-state index is 0.547. The van der Waals surface area contributed by atoms with Crippen molar-refractivity contribution in [1.82, 2.24) is 0 Å². The van der Waals surface area contributed by atoms with Crippen LogP contribution in [-0.2, 0) is 0 Å². The summed E-state index contributed by atoms with van der Waals surface area (Å²) >= 11 is 6.33. The summed E-state index contributed by atoms with van der Waals surface area (Å²) in [6.07, 6.45) is 4.00. The summed E-state index contributed by atoms with van der Waals surface area (Å²) < 4.78 is 0. The molecule has 2 nitrogen and oxygen atoms in total. The molecule has 0 bridgehead atoms. The van der Waals surface area contributed by atoms with Crippen LogP contribution in [0.3, 0.4) is 0 Å². The zero-order valence-corrected chi connectivity index (χ0v) is 13.2. The van der Waals surface area contributed by atoms with Gasteiger partial charge in [-0.25, -0.2) is 0 Å². The van der Waals surface area contributed by atoms with E-state index in [0.29, 0.717) is 6.04 Å². The van der Waals surface area contributed by atoms with E-state index >= 15 is 0 Å². The summed E-state index contributed by atoms with van der Waals surface area (Å²) in [4.78, 5) is 2.09. The van der Waals surface area contributed by atoms with Crippen LogP contribution < -0.4 is 10.2 Å². The fourth-order valence-electron chi connectivity index (χ4n) is 3.23. The standard InChI is InChI=1S/C16H25ClN2/c1-11-7-5-8-12(2)15(11)18-14-10-6-9-13(17)16(14)19(3)4/h6,9-12,15,18H,5,7-8H2,1-4H3. The first-order valence-electron chi connectivity index (χ1n) is 7.23. The number of nitrogens with zero attached hydrogens (tertiary/aromatic N) is 1. The van der Waals surface area contributed by atoms with Gasteiger partial charge in [0.2, 0.25) is 0 Å². The molecule has 3 heteroatoms. The molecule has 1 N–H and O–H groups in total. The predicted molar refractivity (Wildman–Crippen MR) is 85.4 cm³/mol. The van der Waals surface area contributed by atoms with Gasteiger partial charge in [0.15, 0.2) is 0 Å². The van der Waals surface area contributed by atoms with Crippen LogP contribution in [0.25, 0.3) is 0 Å². The van der Waals surface area contributed by atoms with Gasteiger partial charge in [-0.2, -0.15) is 0 Å². The van der Waals surface area contributed by atoms with Crippen molar-refractivity contribution in [2.24, 2.45) is 11.8 Å². The van der Waals surface area contributed by atoms with E-state index < -0.39 is 0 Å². The number of hydrogen-bond acceptors (Lipinski definition) is 2. The second-order valence-electron chi connectivity index (χ2n) is 6.09. The molecule has 0 spiro atoms. The van der Waals surface area contributed by atoms with E-state index in [0.717, 1.165) is 28.2 Å². The maximum absolute atomic E-state index is 6.33. The third kappa shape index (κ3) is 3.17. The van der Waals surface area contributed by atoms with Crippen molar-refractivity contribution in [1.29, 1.82) is 0 Å². The molecule has 0 aromatic heterocycles. The minimum Gasteiger partial charge on any atom is -0.380 e. The first-order chi connectivity index (χ1) is 9.00. The van der Waals surface area contributed by atoms with E-state index in [2.05, 4.69) is 30.1 Å². The lowest BCUT2D eigenvalue weighted by molar-refractivity contribution is 0.268. The lowest BCUT2D eigenvalue weighted by atomic mass is 9.78. The summed E-state index contributed by atoms with van der Waals surface area (Å²) in [7, 11) is 4.08. The Hall–Kier alpha value is -0.890. The Morgan fingerprint density at radius 2 is 1.79 bits per heavy atom. The second kappa shape index (κ2) is 6.04. The molecular formula is C16H25ClN2. The van der Waals surface area contributed by atoms with Crippen LogP contribution in [0.15, 0.2) is 18.2 Å². The highest BCUT2D eigenvalue weighted by atomic mass is 35.5. The van der Waals surface area contributed by atoms with Gasteiger partial charge in [0.05, 0.1) is 16.4 Å². The third-order valence-electron chi connectivity index (χ3n) is 4.30. The molecule has 0 heterocycles. The maximum atomic E-state index is 6.33. The smallest absolute Gasteiger partial charge is 0.0786 e. The number of rotatable bonds is 3. The van der Waals surface area contributed by atoms with Crippen LogP contribution in [-0.4, -0.2) is 20.1 Å². The molecule has 2 atom stereocenters. The van der Waals surface area contributed by atoms with E-state index in [1.165, 1.54) is 19.3 Å². The zero-order chi connectivity index (χ0) is 14.0. The molecule has 1 saturated carbocycles.